The summed E-state index contributed by atoms with van der Waals surface area (Å²) < 4.78 is 27.6. The smallest absolute Gasteiger partial charge is 0.407 e. The van der Waals surface area contributed by atoms with Crippen LogP contribution in [-0.2, 0) is 23.7 Å². The Balaban J connectivity index is 0.808. The van der Waals surface area contributed by atoms with Crippen LogP contribution in [0.5, 0.6) is 0 Å². The number of nitrogens with one attached hydrogen (secondary N) is 1. The molecule has 0 spiro atoms. The van der Waals surface area contributed by atoms with Crippen LogP contribution in [0.1, 0.15) is 44.2 Å². The number of fused-ring (bicyclic) bond motifs is 4. The fourth-order valence-electron chi connectivity index (χ4n) is 5.37. The van der Waals surface area contributed by atoms with Gasteiger partial charge in [-0.15, -0.1) is 0 Å². The number of benzene rings is 3. The van der Waals surface area contributed by atoms with Crippen LogP contribution in [0.4, 0.5) is 4.79 Å². The van der Waals surface area contributed by atoms with Gasteiger partial charge in [-0.3, -0.25) is 14.5 Å². The fourth-order valence-corrected chi connectivity index (χ4v) is 5.37. The molecule has 0 aromatic heterocycles. The monoisotopic (exact) mass is 602 g/mol. The molecular formula is C34H38N2O8. The Labute approximate surface area is 257 Å². The summed E-state index contributed by atoms with van der Waals surface area (Å²) in [5, 5.41) is 2.79. The zero-order valence-electron chi connectivity index (χ0n) is 24.7. The summed E-state index contributed by atoms with van der Waals surface area (Å²) in [5.74, 6) is -0.519. The van der Waals surface area contributed by atoms with Crippen molar-refractivity contribution < 1.29 is 38.1 Å². The van der Waals surface area contributed by atoms with Gasteiger partial charge < -0.3 is 29.0 Å². The van der Waals surface area contributed by atoms with E-state index in [-0.39, 0.29) is 30.9 Å². The SMILES string of the molecule is O=C(NCCCOCCOCCOCCOCCN1C(=O)c2ccccc2C1=O)OCC1c2ccccc2-c2ccccc21. The Hall–Kier alpha value is -4.09. The van der Waals surface area contributed by atoms with Gasteiger partial charge in [-0.25, -0.2) is 4.79 Å². The first-order valence-electron chi connectivity index (χ1n) is 15.0. The standard InChI is InChI=1S/C34H38N2O8/c37-32-29-12-5-6-13-30(29)33(38)36(32)15-17-41-19-21-43-23-22-42-20-18-40-16-7-14-35-34(39)44-24-31-27-10-3-1-8-25(27)26-9-2-4-11-28(26)31/h1-6,8-13,31H,7,14-24H2,(H,35,39). The van der Waals surface area contributed by atoms with E-state index in [0.717, 1.165) is 0 Å². The molecule has 0 saturated heterocycles. The molecule has 1 N–H and O–H groups in total. The van der Waals surface area contributed by atoms with Crippen molar-refractivity contribution in [2.45, 2.75) is 12.3 Å². The van der Waals surface area contributed by atoms with Crippen LogP contribution >= 0.6 is 0 Å². The first-order chi connectivity index (χ1) is 21.6. The summed E-state index contributed by atoms with van der Waals surface area (Å²) in [6.45, 7) is 4.22. The van der Waals surface area contributed by atoms with Crippen LogP contribution in [0, 0.1) is 0 Å². The van der Waals surface area contributed by atoms with Gasteiger partial charge in [0.25, 0.3) is 11.8 Å². The molecule has 3 amide bonds. The van der Waals surface area contributed by atoms with E-state index >= 15 is 0 Å². The summed E-state index contributed by atoms with van der Waals surface area (Å²) in [4.78, 5) is 38.1. The van der Waals surface area contributed by atoms with Crippen LogP contribution in [-0.4, -0.2) is 95.4 Å². The molecule has 10 nitrogen and oxygen atoms in total. The molecule has 5 rings (SSSR count). The fraction of sp³-hybridized carbons (Fsp3) is 0.382. The largest absolute Gasteiger partial charge is 0.449 e. The maximum absolute atomic E-state index is 12.3. The Morgan fingerprint density at radius 3 is 1.61 bits per heavy atom. The number of imide groups is 1. The number of carbonyl (C=O) groups is 3. The van der Waals surface area contributed by atoms with Gasteiger partial charge in [0.2, 0.25) is 0 Å². The van der Waals surface area contributed by atoms with E-state index in [1.54, 1.807) is 24.3 Å². The maximum atomic E-state index is 12.3. The number of hydrogen-bond acceptors (Lipinski definition) is 8. The lowest BCUT2D eigenvalue weighted by molar-refractivity contribution is -0.00337. The van der Waals surface area contributed by atoms with E-state index in [2.05, 4.69) is 29.6 Å². The van der Waals surface area contributed by atoms with Crippen molar-refractivity contribution in [3.05, 3.63) is 95.1 Å². The summed E-state index contributed by atoms with van der Waals surface area (Å²) in [6, 6.07) is 23.3. The summed E-state index contributed by atoms with van der Waals surface area (Å²) in [7, 11) is 0. The Morgan fingerprint density at radius 1 is 0.614 bits per heavy atom. The zero-order chi connectivity index (χ0) is 30.6. The zero-order valence-corrected chi connectivity index (χ0v) is 24.7. The number of carbonyl (C=O) groups excluding carboxylic acids is 3. The maximum Gasteiger partial charge on any atom is 0.407 e. The second kappa shape index (κ2) is 16.1. The first-order valence-corrected chi connectivity index (χ1v) is 15.0. The number of rotatable bonds is 18. The third-order valence-corrected chi connectivity index (χ3v) is 7.53. The molecule has 0 radical (unpaired) electrons. The van der Waals surface area contributed by atoms with Gasteiger partial charge in [-0.05, 0) is 40.8 Å². The molecule has 0 fully saturated rings. The minimum atomic E-state index is -0.427. The third kappa shape index (κ3) is 7.89. The molecule has 232 valence electrons. The lowest BCUT2D eigenvalue weighted by Gasteiger charge is -2.14. The van der Waals surface area contributed by atoms with Crippen LogP contribution in [0.2, 0.25) is 0 Å². The number of hydrogen-bond donors (Lipinski definition) is 1. The van der Waals surface area contributed by atoms with Crippen molar-refractivity contribution >= 4 is 17.9 Å². The van der Waals surface area contributed by atoms with E-state index in [0.29, 0.717) is 76.9 Å². The van der Waals surface area contributed by atoms with Gasteiger partial charge in [0.05, 0.1) is 63.9 Å². The Morgan fingerprint density at radius 2 is 1.07 bits per heavy atom. The highest BCUT2D eigenvalue weighted by atomic mass is 16.6. The highest BCUT2D eigenvalue weighted by Crippen LogP contribution is 2.44. The molecule has 1 aliphatic carbocycles. The van der Waals surface area contributed by atoms with E-state index in [1.807, 2.05) is 24.3 Å². The molecule has 3 aromatic rings. The van der Waals surface area contributed by atoms with E-state index < -0.39 is 6.09 Å². The predicted molar refractivity (Wildman–Crippen MR) is 163 cm³/mol. The van der Waals surface area contributed by atoms with Crippen LogP contribution in [0.25, 0.3) is 11.1 Å². The second-order valence-electron chi connectivity index (χ2n) is 10.4. The minimum absolute atomic E-state index is 0.0421. The highest BCUT2D eigenvalue weighted by Gasteiger charge is 2.34. The first kappa shape index (κ1) is 31.3. The lowest BCUT2D eigenvalue weighted by atomic mass is 9.98. The molecule has 3 aromatic carbocycles. The molecular weight excluding hydrogens is 564 g/mol. The molecule has 44 heavy (non-hydrogen) atoms. The van der Waals surface area contributed by atoms with Crippen molar-refractivity contribution in [1.29, 1.82) is 0 Å². The van der Waals surface area contributed by atoms with Crippen molar-refractivity contribution in [1.82, 2.24) is 10.2 Å². The number of ether oxygens (including phenoxy) is 5. The van der Waals surface area contributed by atoms with Crippen LogP contribution in [0.15, 0.2) is 72.8 Å². The van der Waals surface area contributed by atoms with Gasteiger partial charge in [-0.2, -0.15) is 0 Å². The quantitative estimate of drug-likeness (QED) is 0.170. The Kier molecular flexibility index (Phi) is 11.5. The average molecular weight is 603 g/mol. The molecule has 1 heterocycles. The number of amides is 3. The molecule has 0 saturated carbocycles. The molecule has 10 heteroatoms. The predicted octanol–water partition coefficient (Wildman–Crippen LogP) is 4.28. The van der Waals surface area contributed by atoms with Crippen molar-refractivity contribution in [3.8, 4) is 11.1 Å². The van der Waals surface area contributed by atoms with Gasteiger partial charge in [0.1, 0.15) is 6.61 Å². The summed E-state index contributed by atoms with van der Waals surface area (Å²) in [5.41, 5.74) is 5.66. The normalized spacial score (nSPS) is 13.6. The molecule has 2 aliphatic rings. The summed E-state index contributed by atoms with van der Waals surface area (Å²) >= 11 is 0. The van der Waals surface area contributed by atoms with E-state index in [9.17, 15) is 14.4 Å². The van der Waals surface area contributed by atoms with Crippen LogP contribution in [0.3, 0.4) is 0 Å². The third-order valence-electron chi connectivity index (χ3n) is 7.53. The number of alkyl carbamates (subject to hydrolysis) is 1. The molecule has 1 aliphatic heterocycles. The Bertz CT molecular complexity index is 1350. The highest BCUT2D eigenvalue weighted by molar-refractivity contribution is 6.21. The molecule has 0 atom stereocenters. The molecule has 0 unspecified atom stereocenters. The van der Waals surface area contributed by atoms with Crippen molar-refractivity contribution in [3.63, 3.8) is 0 Å². The van der Waals surface area contributed by atoms with Crippen LogP contribution < -0.4 is 5.32 Å². The van der Waals surface area contributed by atoms with Gasteiger partial charge in [0, 0.05) is 19.1 Å². The average Bonchev–Trinajstić information content (AvgIpc) is 3.50. The van der Waals surface area contributed by atoms with E-state index in [1.165, 1.54) is 27.2 Å². The van der Waals surface area contributed by atoms with E-state index in [4.69, 9.17) is 23.7 Å². The van der Waals surface area contributed by atoms with Crippen molar-refractivity contribution in [2.24, 2.45) is 0 Å². The van der Waals surface area contributed by atoms with Gasteiger partial charge >= 0.3 is 6.09 Å². The molecule has 0 bridgehead atoms. The topological polar surface area (TPSA) is 113 Å². The number of nitrogens with zero attached hydrogens (tertiary/aromatic N) is 1. The minimum Gasteiger partial charge on any atom is -0.449 e. The van der Waals surface area contributed by atoms with Crippen molar-refractivity contribution in [2.75, 3.05) is 72.6 Å². The summed E-state index contributed by atoms with van der Waals surface area (Å²) in [6.07, 6.45) is 0.240. The lowest BCUT2D eigenvalue weighted by Crippen LogP contribution is -2.33. The second-order valence-corrected chi connectivity index (χ2v) is 10.4. The van der Waals surface area contributed by atoms with Gasteiger partial charge in [-0.1, -0.05) is 60.7 Å². The van der Waals surface area contributed by atoms with Gasteiger partial charge in [0.15, 0.2) is 0 Å².